The molecule has 2 aromatic heterocycles. The first-order valence-electron chi connectivity index (χ1n) is 8.17. The van der Waals surface area contributed by atoms with Gasteiger partial charge in [0.2, 0.25) is 0 Å². The summed E-state index contributed by atoms with van der Waals surface area (Å²) in [5.41, 5.74) is 2.81. The predicted molar refractivity (Wildman–Crippen MR) is 91.5 cm³/mol. The number of nitrogens with zero attached hydrogens (tertiary/aromatic N) is 4. The molecule has 1 aliphatic heterocycles. The second kappa shape index (κ2) is 6.35. The highest BCUT2D eigenvalue weighted by Crippen LogP contribution is 2.23. The molecule has 120 valence electrons. The fraction of sp³-hybridized carbons (Fsp3) is 0.263. The van der Waals surface area contributed by atoms with Gasteiger partial charge in [-0.1, -0.05) is 18.2 Å². The normalized spacial score (nSPS) is 17.3. The number of hydrogen-bond acceptors (Lipinski definition) is 4. The van der Waals surface area contributed by atoms with Crippen LogP contribution in [0.4, 0.5) is 0 Å². The zero-order chi connectivity index (χ0) is 16.4. The van der Waals surface area contributed by atoms with Gasteiger partial charge in [0.15, 0.2) is 0 Å². The van der Waals surface area contributed by atoms with E-state index < -0.39 is 0 Å². The van der Waals surface area contributed by atoms with Crippen molar-refractivity contribution in [1.82, 2.24) is 19.9 Å². The molecule has 0 saturated carbocycles. The van der Waals surface area contributed by atoms with E-state index in [1.165, 1.54) is 17.3 Å². The molecule has 3 heterocycles. The molecular formula is C19H18N4O. The number of amides is 1. The van der Waals surface area contributed by atoms with Crippen molar-refractivity contribution in [3.05, 3.63) is 66.4 Å². The Balaban J connectivity index is 1.44. The molecular weight excluding hydrogens is 300 g/mol. The van der Waals surface area contributed by atoms with Gasteiger partial charge in [-0.05, 0) is 36.5 Å². The molecule has 4 rings (SSSR count). The van der Waals surface area contributed by atoms with Crippen LogP contribution in [0.15, 0.2) is 55.2 Å². The van der Waals surface area contributed by atoms with Gasteiger partial charge >= 0.3 is 0 Å². The predicted octanol–water partition coefficient (Wildman–Crippen LogP) is 2.73. The number of benzene rings is 1. The van der Waals surface area contributed by atoms with Crippen LogP contribution in [0.1, 0.15) is 22.3 Å². The first-order chi connectivity index (χ1) is 11.8. The van der Waals surface area contributed by atoms with Crippen molar-refractivity contribution in [3.8, 4) is 0 Å². The fourth-order valence-electron chi connectivity index (χ4n) is 3.34. The summed E-state index contributed by atoms with van der Waals surface area (Å²) in [6.07, 6.45) is 8.53. The molecule has 1 aromatic carbocycles. The van der Waals surface area contributed by atoms with Crippen LogP contribution in [0, 0.1) is 5.92 Å². The number of pyridine rings is 1. The Morgan fingerprint density at radius 3 is 2.88 bits per heavy atom. The van der Waals surface area contributed by atoms with E-state index in [1.54, 1.807) is 12.4 Å². The Morgan fingerprint density at radius 1 is 1.17 bits per heavy atom. The van der Waals surface area contributed by atoms with Gasteiger partial charge in [0.25, 0.3) is 5.91 Å². The van der Waals surface area contributed by atoms with Gasteiger partial charge < -0.3 is 4.90 Å². The Kier molecular flexibility index (Phi) is 3.91. The summed E-state index contributed by atoms with van der Waals surface area (Å²) < 4.78 is 0. The SMILES string of the molecule is O=C(c1cncnc1)N1CCC(Cc2cnc3ccccc3c2)C1. The number of rotatable bonds is 3. The van der Waals surface area contributed by atoms with Crippen molar-refractivity contribution in [2.24, 2.45) is 5.92 Å². The largest absolute Gasteiger partial charge is 0.338 e. The average molecular weight is 318 g/mol. The van der Waals surface area contributed by atoms with Gasteiger partial charge in [-0.2, -0.15) is 0 Å². The lowest BCUT2D eigenvalue weighted by Crippen LogP contribution is -2.29. The van der Waals surface area contributed by atoms with E-state index in [-0.39, 0.29) is 5.91 Å². The minimum absolute atomic E-state index is 0.0229. The summed E-state index contributed by atoms with van der Waals surface area (Å²) in [7, 11) is 0. The molecule has 0 bridgehead atoms. The number of fused-ring (bicyclic) bond motifs is 1. The number of hydrogen-bond donors (Lipinski definition) is 0. The van der Waals surface area contributed by atoms with Crippen LogP contribution < -0.4 is 0 Å². The Morgan fingerprint density at radius 2 is 2.00 bits per heavy atom. The average Bonchev–Trinajstić information content (AvgIpc) is 3.10. The monoisotopic (exact) mass is 318 g/mol. The molecule has 1 unspecified atom stereocenters. The number of carbonyl (C=O) groups is 1. The fourth-order valence-corrected chi connectivity index (χ4v) is 3.34. The van der Waals surface area contributed by atoms with Gasteiger partial charge in [-0.15, -0.1) is 0 Å². The van der Waals surface area contributed by atoms with Gasteiger partial charge in [0.05, 0.1) is 11.1 Å². The highest BCUT2D eigenvalue weighted by molar-refractivity contribution is 5.93. The van der Waals surface area contributed by atoms with Crippen LogP contribution in [-0.2, 0) is 6.42 Å². The summed E-state index contributed by atoms with van der Waals surface area (Å²) in [6, 6.07) is 10.4. The minimum atomic E-state index is 0.0229. The maximum absolute atomic E-state index is 12.5. The molecule has 0 spiro atoms. The van der Waals surface area contributed by atoms with E-state index in [0.717, 1.165) is 31.4 Å². The third-order valence-electron chi connectivity index (χ3n) is 4.55. The first-order valence-corrected chi connectivity index (χ1v) is 8.17. The maximum atomic E-state index is 12.5. The number of carbonyl (C=O) groups excluding carboxylic acids is 1. The van der Waals surface area contributed by atoms with Crippen molar-refractivity contribution in [2.75, 3.05) is 13.1 Å². The molecule has 1 aliphatic rings. The van der Waals surface area contributed by atoms with Crippen LogP contribution in [0.3, 0.4) is 0 Å². The molecule has 1 atom stereocenters. The van der Waals surface area contributed by atoms with Gasteiger partial charge in [0, 0.05) is 37.1 Å². The van der Waals surface area contributed by atoms with E-state index in [9.17, 15) is 4.79 Å². The number of aromatic nitrogens is 3. The molecule has 5 nitrogen and oxygen atoms in total. The zero-order valence-corrected chi connectivity index (χ0v) is 13.3. The molecule has 3 aromatic rings. The molecule has 1 fully saturated rings. The van der Waals surface area contributed by atoms with E-state index in [0.29, 0.717) is 11.5 Å². The van der Waals surface area contributed by atoms with Gasteiger partial charge in [-0.25, -0.2) is 9.97 Å². The second-order valence-corrected chi connectivity index (χ2v) is 6.27. The maximum Gasteiger partial charge on any atom is 0.256 e. The molecule has 5 heteroatoms. The lowest BCUT2D eigenvalue weighted by Gasteiger charge is -2.16. The van der Waals surface area contributed by atoms with Gasteiger partial charge in [-0.3, -0.25) is 9.78 Å². The molecule has 0 N–H and O–H groups in total. The standard InChI is InChI=1S/C19H18N4O/c24-19(17-10-20-13-21-11-17)23-6-5-14(12-23)7-15-8-16-3-1-2-4-18(16)22-9-15/h1-4,8-11,13-14H,5-7,12H2. The summed E-state index contributed by atoms with van der Waals surface area (Å²) in [5, 5.41) is 1.17. The van der Waals surface area contributed by atoms with E-state index in [1.807, 2.05) is 29.3 Å². The molecule has 0 radical (unpaired) electrons. The summed E-state index contributed by atoms with van der Waals surface area (Å²) in [6.45, 7) is 1.57. The Bertz CT molecular complexity index is 865. The van der Waals surface area contributed by atoms with Crippen molar-refractivity contribution >= 4 is 16.8 Å². The van der Waals surface area contributed by atoms with Crippen LogP contribution in [0.25, 0.3) is 10.9 Å². The minimum Gasteiger partial charge on any atom is -0.338 e. The third-order valence-corrected chi connectivity index (χ3v) is 4.55. The molecule has 0 aliphatic carbocycles. The highest BCUT2D eigenvalue weighted by Gasteiger charge is 2.27. The lowest BCUT2D eigenvalue weighted by atomic mass is 9.99. The smallest absolute Gasteiger partial charge is 0.256 e. The van der Waals surface area contributed by atoms with Crippen molar-refractivity contribution in [1.29, 1.82) is 0 Å². The summed E-state index contributed by atoms with van der Waals surface area (Å²) in [5.74, 6) is 0.497. The van der Waals surface area contributed by atoms with Crippen molar-refractivity contribution < 1.29 is 4.79 Å². The number of likely N-dealkylation sites (tertiary alicyclic amines) is 1. The van der Waals surface area contributed by atoms with Crippen molar-refractivity contribution in [3.63, 3.8) is 0 Å². The van der Waals surface area contributed by atoms with Crippen LogP contribution >= 0.6 is 0 Å². The Labute approximate surface area is 140 Å². The highest BCUT2D eigenvalue weighted by atomic mass is 16.2. The number of para-hydroxylation sites is 1. The zero-order valence-electron chi connectivity index (χ0n) is 13.3. The van der Waals surface area contributed by atoms with E-state index in [2.05, 4.69) is 27.1 Å². The quantitative estimate of drug-likeness (QED) is 0.745. The van der Waals surface area contributed by atoms with Crippen molar-refractivity contribution in [2.45, 2.75) is 12.8 Å². The van der Waals surface area contributed by atoms with Gasteiger partial charge in [0.1, 0.15) is 6.33 Å². The first kappa shape index (κ1) is 14.8. The summed E-state index contributed by atoms with van der Waals surface area (Å²) >= 11 is 0. The third kappa shape index (κ3) is 2.97. The molecule has 24 heavy (non-hydrogen) atoms. The van der Waals surface area contributed by atoms with E-state index >= 15 is 0 Å². The van der Waals surface area contributed by atoms with E-state index in [4.69, 9.17) is 0 Å². The topological polar surface area (TPSA) is 59.0 Å². The molecule has 1 saturated heterocycles. The lowest BCUT2D eigenvalue weighted by molar-refractivity contribution is 0.0786. The summed E-state index contributed by atoms with van der Waals surface area (Å²) in [4.78, 5) is 26.7. The van der Waals surface area contributed by atoms with Crippen LogP contribution in [-0.4, -0.2) is 38.8 Å². The van der Waals surface area contributed by atoms with Crippen LogP contribution in [0.2, 0.25) is 0 Å². The second-order valence-electron chi connectivity index (χ2n) is 6.27. The Hall–Kier alpha value is -2.82. The molecule has 1 amide bonds. The van der Waals surface area contributed by atoms with Crippen LogP contribution in [0.5, 0.6) is 0 Å².